The first kappa shape index (κ1) is 20.4. The van der Waals surface area contributed by atoms with Crippen LogP contribution in [-0.4, -0.2) is 44.8 Å². The Morgan fingerprint density at radius 3 is 2.74 bits per heavy atom. The molecule has 0 spiro atoms. The number of nitro groups is 1. The number of anilines is 1. The first-order chi connectivity index (χ1) is 12.8. The molecule has 1 aromatic heterocycles. The van der Waals surface area contributed by atoms with E-state index >= 15 is 0 Å². The molecule has 0 saturated carbocycles. The van der Waals surface area contributed by atoms with Crippen LogP contribution in [0, 0.1) is 17.0 Å². The molecule has 1 aromatic carbocycles. The second kappa shape index (κ2) is 9.17. The van der Waals surface area contributed by atoms with Crippen molar-refractivity contribution in [2.45, 2.75) is 25.6 Å². The molecule has 0 fully saturated rings. The summed E-state index contributed by atoms with van der Waals surface area (Å²) in [5, 5.41) is 16.9. The van der Waals surface area contributed by atoms with Crippen molar-refractivity contribution in [2.75, 3.05) is 18.1 Å². The van der Waals surface area contributed by atoms with Gasteiger partial charge in [-0.1, -0.05) is 23.4 Å². The van der Waals surface area contributed by atoms with Crippen LogP contribution >= 0.6 is 11.8 Å². The third kappa shape index (κ3) is 5.81. The van der Waals surface area contributed by atoms with Crippen molar-refractivity contribution in [3.05, 3.63) is 51.8 Å². The minimum Gasteiger partial charge on any atom is -0.360 e. The van der Waals surface area contributed by atoms with Gasteiger partial charge in [0.05, 0.1) is 22.5 Å². The van der Waals surface area contributed by atoms with Gasteiger partial charge in [-0.15, -0.1) is 11.8 Å². The Balaban J connectivity index is 1.85. The van der Waals surface area contributed by atoms with Crippen LogP contribution in [0.2, 0.25) is 0 Å². The second-order valence-corrected chi connectivity index (χ2v) is 7.23. The van der Waals surface area contributed by atoms with Crippen LogP contribution in [0.15, 0.2) is 34.9 Å². The van der Waals surface area contributed by atoms with E-state index in [9.17, 15) is 19.7 Å². The average molecular weight is 392 g/mol. The van der Waals surface area contributed by atoms with Crippen LogP contribution in [0.3, 0.4) is 0 Å². The zero-order valence-electron chi connectivity index (χ0n) is 15.2. The lowest BCUT2D eigenvalue weighted by Gasteiger charge is -2.18. The SMILES string of the molecule is Cc1cc(NC(=O)C(C)SCC(=O)N(C)Cc2ccccc2[N+](=O)[O-])no1. The number of aryl methyl sites for hydroxylation is 1. The van der Waals surface area contributed by atoms with Crippen molar-refractivity contribution >= 4 is 35.1 Å². The molecule has 2 rings (SSSR count). The van der Waals surface area contributed by atoms with Crippen LogP contribution in [0.1, 0.15) is 18.2 Å². The summed E-state index contributed by atoms with van der Waals surface area (Å²) in [6.07, 6.45) is 0. The minimum absolute atomic E-state index is 0.0274. The van der Waals surface area contributed by atoms with Crippen molar-refractivity contribution in [1.82, 2.24) is 10.1 Å². The Kier molecular flexibility index (Phi) is 6.94. The lowest BCUT2D eigenvalue weighted by Crippen LogP contribution is -2.30. The summed E-state index contributed by atoms with van der Waals surface area (Å²) >= 11 is 1.17. The Bertz CT molecular complexity index is 838. The average Bonchev–Trinajstić information content (AvgIpc) is 3.04. The van der Waals surface area contributed by atoms with Gasteiger partial charge in [-0.3, -0.25) is 19.7 Å². The molecular formula is C17H20N4O5S. The number of nitrogens with zero attached hydrogens (tertiary/aromatic N) is 3. The summed E-state index contributed by atoms with van der Waals surface area (Å²) in [6, 6.07) is 7.88. The summed E-state index contributed by atoms with van der Waals surface area (Å²) in [5.74, 6) is 0.462. The fourth-order valence-electron chi connectivity index (χ4n) is 2.20. The molecular weight excluding hydrogens is 372 g/mol. The van der Waals surface area contributed by atoms with E-state index in [4.69, 9.17) is 4.52 Å². The zero-order chi connectivity index (χ0) is 20.0. The van der Waals surface area contributed by atoms with Gasteiger partial charge < -0.3 is 14.7 Å². The van der Waals surface area contributed by atoms with E-state index in [1.54, 1.807) is 45.2 Å². The molecule has 1 unspecified atom stereocenters. The molecule has 10 heteroatoms. The van der Waals surface area contributed by atoms with Gasteiger partial charge in [0, 0.05) is 24.7 Å². The monoisotopic (exact) mass is 392 g/mol. The first-order valence-corrected chi connectivity index (χ1v) is 9.15. The lowest BCUT2D eigenvalue weighted by molar-refractivity contribution is -0.385. The number of nitro benzene ring substituents is 1. The highest BCUT2D eigenvalue weighted by Gasteiger charge is 2.20. The van der Waals surface area contributed by atoms with Crippen molar-refractivity contribution in [3.63, 3.8) is 0 Å². The topological polar surface area (TPSA) is 119 Å². The number of hydrogen-bond donors (Lipinski definition) is 1. The lowest BCUT2D eigenvalue weighted by atomic mass is 10.1. The second-order valence-electron chi connectivity index (χ2n) is 5.90. The van der Waals surface area contributed by atoms with Gasteiger partial charge in [-0.25, -0.2) is 0 Å². The van der Waals surface area contributed by atoms with Gasteiger partial charge in [0.15, 0.2) is 5.82 Å². The standard InChI is InChI=1S/C17H20N4O5S/c1-11-8-15(19-26-11)18-17(23)12(2)27-10-16(22)20(3)9-13-6-4-5-7-14(13)21(24)25/h4-8,12H,9-10H2,1-3H3,(H,18,19,23). The van der Waals surface area contributed by atoms with Crippen LogP contribution in [0.5, 0.6) is 0 Å². The predicted molar refractivity (Wildman–Crippen MR) is 101 cm³/mol. The van der Waals surface area contributed by atoms with Crippen molar-refractivity contribution in [1.29, 1.82) is 0 Å². The molecule has 1 N–H and O–H groups in total. The quantitative estimate of drug-likeness (QED) is 0.542. The number of carbonyl (C=O) groups is 2. The number of carbonyl (C=O) groups excluding carboxylic acids is 2. The molecule has 2 aromatic rings. The van der Waals surface area contributed by atoms with E-state index in [1.807, 2.05) is 0 Å². The number of aromatic nitrogens is 1. The van der Waals surface area contributed by atoms with Crippen LogP contribution in [0.25, 0.3) is 0 Å². The number of thioether (sulfide) groups is 1. The molecule has 0 aliphatic rings. The Morgan fingerprint density at radius 2 is 2.11 bits per heavy atom. The number of rotatable bonds is 8. The summed E-state index contributed by atoms with van der Waals surface area (Å²) in [5.41, 5.74) is 0.427. The molecule has 2 amide bonds. The van der Waals surface area contributed by atoms with Gasteiger partial charge >= 0.3 is 0 Å². The summed E-state index contributed by atoms with van der Waals surface area (Å²) in [6.45, 7) is 3.52. The van der Waals surface area contributed by atoms with E-state index < -0.39 is 10.2 Å². The number of nitrogens with one attached hydrogen (secondary N) is 1. The summed E-state index contributed by atoms with van der Waals surface area (Å²) in [7, 11) is 1.57. The number of benzene rings is 1. The zero-order valence-corrected chi connectivity index (χ0v) is 16.0. The first-order valence-electron chi connectivity index (χ1n) is 8.10. The highest BCUT2D eigenvalue weighted by atomic mass is 32.2. The van der Waals surface area contributed by atoms with Crippen LogP contribution < -0.4 is 5.32 Å². The van der Waals surface area contributed by atoms with Gasteiger partial charge in [0.25, 0.3) is 5.69 Å². The molecule has 1 heterocycles. The van der Waals surface area contributed by atoms with E-state index in [-0.39, 0.29) is 29.8 Å². The van der Waals surface area contributed by atoms with E-state index in [0.29, 0.717) is 17.1 Å². The minimum atomic E-state index is -0.481. The molecule has 0 radical (unpaired) electrons. The highest BCUT2D eigenvalue weighted by molar-refractivity contribution is 8.01. The fourth-order valence-corrected chi connectivity index (χ4v) is 3.02. The normalized spacial score (nSPS) is 11.7. The molecule has 27 heavy (non-hydrogen) atoms. The molecule has 0 saturated heterocycles. The van der Waals surface area contributed by atoms with Gasteiger partial charge in [-0.2, -0.15) is 0 Å². The fraction of sp³-hybridized carbons (Fsp3) is 0.353. The van der Waals surface area contributed by atoms with Crippen molar-refractivity contribution in [3.8, 4) is 0 Å². The summed E-state index contributed by atoms with van der Waals surface area (Å²) in [4.78, 5) is 36.4. The third-order valence-electron chi connectivity index (χ3n) is 3.73. The molecule has 9 nitrogen and oxygen atoms in total. The maximum Gasteiger partial charge on any atom is 0.274 e. The van der Waals surface area contributed by atoms with Gasteiger partial charge in [0.1, 0.15) is 5.76 Å². The maximum absolute atomic E-state index is 12.3. The molecule has 0 aliphatic carbocycles. The molecule has 0 aliphatic heterocycles. The van der Waals surface area contributed by atoms with Crippen LogP contribution in [0.4, 0.5) is 11.5 Å². The maximum atomic E-state index is 12.3. The largest absolute Gasteiger partial charge is 0.360 e. The third-order valence-corrected chi connectivity index (χ3v) is 4.85. The number of amides is 2. The van der Waals surface area contributed by atoms with Gasteiger partial charge in [-0.05, 0) is 13.8 Å². The Morgan fingerprint density at radius 1 is 1.41 bits per heavy atom. The van der Waals surface area contributed by atoms with E-state index in [2.05, 4.69) is 10.5 Å². The smallest absolute Gasteiger partial charge is 0.274 e. The van der Waals surface area contributed by atoms with E-state index in [1.165, 1.54) is 22.7 Å². The summed E-state index contributed by atoms with van der Waals surface area (Å²) < 4.78 is 4.88. The number of para-hydroxylation sites is 1. The van der Waals surface area contributed by atoms with Crippen molar-refractivity contribution in [2.24, 2.45) is 0 Å². The Labute approximate surface area is 160 Å². The van der Waals surface area contributed by atoms with Crippen molar-refractivity contribution < 1.29 is 19.0 Å². The Hall–Kier alpha value is -2.88. The van der Waals surface area contributed by atoms with Crippen LogP contribution in [-0.2, 0) is 16.1 Å². The highest BCUT2D eigenvalue weighted by Crippen LogP contribution is 2.20. The molecule has 144 valence electrons. The number of hydrogen-bond acceptors (Lipinski definition) is 7. The molecule has 0 bridgehead atoms. The van der Waals surface area contributed by atoms with E-state index in [0.717, 1.165) is 0 Å². The predicted octanol–water partition coefficient (Wildman–Crippen LogP) is 2.61. The molecule has 1 atom stereocenters. The van der Waals surface area contributed by atoms with Gasteiger partial charge in [0.2, 0.25) is 11.8 Å².